The molecule has 1 saturated heterocycles. The van der Waals surface area contributed by atoms with E-state index in [2.05, 4.69) is 17.2 Å². The van der Waals surface area contributed by atoms with E-state index >= 15 is 0 Å². The average Bonchev–Trinajstić information content (AvgIpc) is 3.44. The predicted molar refractivity (Wildman–Crippen MR) is 88.4 cm³/mol. The summed E-state index contributed by atoms with van der Waals surface area (Å²) in [5.74, 6) is 6.39. The van der Waals surface area contributed by atoms with E-state index in [0.29, 0.717) is 13.1 Å². The molecule has 2 amide bonds. The first-order valence-electron chi connectivity index (χ1n) is 8.34. The van der Waals surface area contributed by atoms with Crippen molar-refractivity contribution in [1.82, 2.24) is 10.2 Å². The Morgan fingerprint density at radius 1 is 1.13 bits per heavy atom. The first-order chi connectivity index (χ1) is 11.2. The molecule has 0 radical (unpaired) electrons. The summed E-state index contributed by atoms with van der Waals surface area (Å²) < 4.78 is 0. The van der Waals surface area contributed by atoms with Gasteiger partial charge in [-0.3, -0.25) is 9.59 Å². The third-order valence-electron chi connectivity index (χ3n) is 4.39. The number of benzene rings is 1. The number of carbonyl (C=O) groups is 2. The maximum Gasteiger partial charge on any atom is 0.225 e. The first-order valence-corrected chi connectivity index (χ1v) is 8.34. The summed E-state index contributed by atoms with van der Waals surface area (Å²) in [6.07, 6.45) is 3.79. The fraction of sp³-hybridized carbons (Fsp3) is 0.474. The molecule has 2 fully saturated rings. The lowest BCUT2D eigenvalue weighted by molar-refractivity contribution is -0.136. The number of likely N-dealkylation sites (tertiary alicyclic amines) is 1. The quantitative estimate of drug-likeness (QED) is 0.866. The number of hydrogen-bond acceptors (Lipinski definition) is 2. The van der Waals surface area contributed by atoms with Gasteiger partial charge in [-0.1, -0.05) is 30.0 Å². The van der Waals surface area contributed by atoms with E-state index in [1.807, 2.05) is 35.2 Å². The van der Waals surface area contributed by atoms with Gasteiger partial charge in [0.15, 0.2) is 0 Å². The van der Waals surface area contributed by atoms with E-state index in [9.17, 15) is 9.59 Å². The second-order valence-electron chi connectivity index (χ2n) is 6.28. The summed E-state index contributed by atoms with van der Waals surface area (Å²) >= 11 is 0. The summed E-state index contributed by atoms with van der Waals surface area (Å²) in [5, 5.41) is 2.88. The van der Waals surface area contributed by atoms with Crippen LogP contribution in [0.4, 0.5) is 0 Å². The van der Waals surface area contributed by atoms with Crippen molar-refractivity contribution in [2.75, 3.05) is 19.6 Å². The van der Waals surface area contributed by atoms with Gasteiger partial charge in [-0.2, -0.15) is 0 Å². The highest BCUT2D eigenvalue weighted by atomic mass is 16.2. The van der Waals surface area contributed by atoms with Crippen LogP contribution in [0.2, 0.25) is 0 Å². The minimum Gasteiger partial charge on any atom is -0.345 e. The van der Waals surface area contributed by atoms with Crippen molar-refractivity contribution in [3.05, 3.63) is 35.9 Å². The Hall–Kier alpha value is -2.28. The van der Waals surface area contributed by atoms with Crippen molar-refractivity contribution < 1.29 is 9.59 Å². The Bertz CT molecular complexity index is 626. The van der Waals surface area contributed by atoms with E-state index in [-0.39, 0.29) is 23.7 Å². The van der Waals surface area contributed by atoms with Crippen LogP contribution in [-0.2, 0) is 9.59 Å². The maximum absolute atomic E-state index is 12.2. The van der Waals surface area contributed by atoms with Crippen molar-refractivity contribution in [1.29, 1.82) is 0 Å². The number of amides is 2. The fourth-order valence-electron chi connectivity index (χ4n) is 2.92. The number of nitrogens with zero attached hydrogens (tertiary/aromatic N) is 1. The molecule has 1 N–H and O–H groups in total. The molecule has 1 aromatic rings. The zero-order valence-corrected chi connectivity index (χ0v) is 13.3. The van der Waals surface area contributed by atoms with Crippen molar-refractivity contribution >= 4 is 11.8 Å². The molecular weight excluding hydrogens is 288 g/mol. The second kappa shape index (κ2) is 7.32. The Morgan fingerprint density at radius 3 is 2.65 bits per heavy atom. The highest BCUT2D eigenvalue weighted by Gasteiger charge is 2.36. The molecule has 4 nitrogen and oxygen atoms in total. The molecule has 1 heterocycles. The molecule has 1 saturated carbocycles. The van der Waals surface area contributed by atoms with E-state index in [1.54, 1.807) is 0 Å². The van der Waals surface area contributed by atoms with E-state index in [0.717, 1.165) is 37.8 Å². The normalized spacial score (nSPS) is 20.3. The predicted octanol–water partition coefficient (Wildman–Crippen LogP) is 1.80. The number of carbonyl (C=O) groups excluding carboxylic acids is 2. The zero-order chi connectivity index (χ0) is 16.1. The van der Waals surface area contributed by atoms with Crippen LogP contribution in [0.15, 0.2) is 30.3 Å². The van der Waals surface area contributed by atoms with E-state index in [1.165, 1.54) is 0 Å². The fourth-order valence-corrected chi connectivity index (χ4v) is 2.92. The minimum atomic E-state index is -0.0926. The lowest BCUT2D eigenvalue weighted by Gasteiger charge is -2.32. The van der Waals surface area contributed by atoms with Crippen LogP contribution in [-0.4, -0.2) is 36.3 Å². The van der Waals surface area contributed by atoms with Crippen molar-refractivity contribution in [2.45, 2.75) is 25.7 Å². The molecule has 1 unspecified atom stereocenters. The molecule has 1 atom stereocenters. The highest BCUT2D eigenvalue weighted by Crippen LogP contribution is 2.32. The first kappa shape index (κ1) is 15.6. The summed E-state index contributed by atoms with van der Waals surface area (Å²) in [7, 11) is 0. The lowest BCUT2D eigenvalue weighted by atomic mass is 9.96. The molecule has 2 aliphatic rings. The Balaban J connectivity index is 1.46. The van der Waals surface area contributed by atoms with E-state index in [4.69, 9.17) is 0 Å². The third kappa shape index (κ3) is 4.35. The molecule has 0 bridgehead atoms. The van der Waals surface area contributed by atoms with Gasteiger partial charge < -0.3 is 10.2 Å². The molecular formula is C19H22N2O2. The van der Waals surface area contributed by atoms with Gasteiger partial charge in [0.05, 0.1) is 12.5 Å². The van der Waals surface area contributed by atoms with Crippen LogP contribution >= 0.6 is 0 Å². The zero-order valence-electron chi connectivity index (χ0n) is 13.3. The van der Waals surface area contributed by atoms with Crippen LogP contribution in [0.5, 0.6) is 0 Å². The molecule has 1 aliphatic heterocycles. The van der Waals surface area contributed by atoms with Crippen LogP contribution in [0.1, 0.15) is 31.2 Å². The number of nitrogens with one attached hydrogen (secondary N) is 1. The Labute approximate surface area is 137 Å². The van der Waals surface area contributed by atoms with Gasteiger partial charge >= 0.3 is 0 Å². The molecule has 0 aromatic heterocycles. The molecule has 0 spiro atoms. The number of hydrogen-bond donors (Lipinski definition) is 1. The standard InChI is InChI=1S/C19H22N2O2/c22-18(20-12-4-8-15-6-2-1-3-7-15)17-9-5-13-21(14-17)19(23)16-10-11-16/h1-3,6-7,16-17H,5,9-14H2,(H,20,22). The van der Waals surface area contributed by atoms with E-state index < -0.39 is 0 Å². The lowest BCUT2D eigenvalue weighted by Crippen LogP contribution is -2.46. The van der Waals surface area contributed by atoms with Crippen LogP contribution in [0.3, 0.4) is 0 Å². The minimum absolute atomic E-state index is 0.0145. The Morgan fingerprint density at radius 2 is 1.91 bits per heavy atom. The van der Waals surface area contributed by atoms with Gasteiger partial charge in [-0.15, -0.1) is 0 Å². The van der Waals surface area contributed by atoms with Crippen LogP contribution < -0.4 is 5.32 Å². The molecule has 120 valence electrons. The molecule has 4 heteroatoms. The van der Waals surface area contributed by atoms with Crippen LogP contribution in [0, 0.1) is 23.7 Å². The summed E-state index contributed by atoms with van der Waals surface area (Å²) in [6, 6.07) is 9.71. The Kier molecular flexibility index (Phi) is 4.97. The van der Waals surface area contributed by atoms with Gasteiger partial charge in [-0.05, 0) is 37.8 Å². The smallest absolute Gasteiger partial charge is 0.225 e. The van der Waals surface area contributed by atoms with Gasteiger partial charge in [0.25, 0.3) is 0 Å². The molecule has 23 heavy (non-hydrogen) atoms. The largest absolute Gasteiger partial charge is 0.345 e. The summed E-state index contributed by atoms with van der Waals surface area (Å²) in [4.78, 5) is 26.2. The molecule has 1 aromatic carbocycles. The molecule has 1 aliphatic carbocycles. The third-order valence-corrected chi connectivity index (χ3v) is 4.39. The maximum atomic E-state index is 12.2. The average molecular weight is 310 g/mol. The van der Waals surface area contributed by atoms with Gasteiger partial charge in [0.1, 0.15) is 0 Å². The monoisotopic (exact) mass is 310 g/mol. The molecule has 3 rings (SSSR count). The van der Waals surface area contributed by atoms with Crippen molar-refractivity contribution in [2.24, 2.45) is 11.8 Å². The number of piperidine rings is 1. The van der Waals surface area contributed by atoms with Crippen LogP contribution in [0.25, 0.3) is 0 Å². The highest BCUT2D eigenvalue weighted by molar-refractivity contribution is 5.83. The number of rotatable bonds is 3. The second-order valence-corrected chi connectivity index (χ2v) is 6.28. The topological polar surface area (TPSA) is 49.4 Å². The van der Waals surface area contributed by atoms with Crippen molar-refractivity contribution in [3.63, 3.8) is 0 Å². The van der Waals surface area contributed by atoms with Crippen molar-refractivity contribution in [3.8, 4) is 11.8 Å². The van der Waals surface area contributed by atoms with Gasteiger partial charge in [-0.25, -0.2) is 0 Å². The summed E-state index contributed by atoms with van der Waals surface area (Å²) in [5.41, 5.74) is 0.945. The van der Waals surface area contributed by atoms with Gasteiger partial charge in [0.2, 0.25) is 11.8 Å². The summed E-state index contributed by atoms with van der Waals surface area (Å²) in [6.45, 7) is 1.71. The van der Waals surface area contributed by atoms with Gasteiger partial charge in [0, 0.05) is 24.6 Å². The SMILES string of the molecule is O=C(NCC#Cc1ccccc1)C1CCCN(C(=O)C2CC2)C1.